The maximum Gasteiger partial charge on any atom is 0.277 e. The van der Waals surface area contributed by atoms with E-state index in [-0.39, 0.29) is 34.4 Å². The monoisotopic (exact) mass is 419 g/mol. The molecule has 1 N–H and O–H groups in total. The van der Waals surface area contributed by atoms with Gasteiger partial charge in [0, 0.05) is 6.54 Å². The quantitative estimate of drug-likeness (QED) is 0.530. The van der Waals surface area contributed by atoms with Gasteiger partial charge in [-0.05, 0) is 55.3 Å². The largest absolute Gasteiger partial charge is 0.481 e. The van der Waals surface area contributed by atoms with Gasteiger partial charge in [-0.25, -0.2) is 8.78 Å². The first-order valence-electron chi connectivity index (χ1n) is 8.89. The van der Waals surface area contributed by atoms with Gasteiger partial charge in [-0.3, -0.25) is 4.79 Å². The van der Waals surface area contributed by atoms with Crippen molar-refractivity contribution >= 4 is 17.7 Å². The lowest BCUT2D eigenvalue weighted by Crippen LogP contribution is -2.27. The van der Waals surface area contributed by atoms with Crippen molar-refractivity contribution in [3.63, 3.8) is 0 Å². The summed E-state index contributed by atoms with van der Waals surface area (Å²) in [5, 5.41) is 10.8. The molecule has 0 spiro atoms. The van der Waals surface area contributed by atoms with Crippen LogP contribution in [0.5, 0.6) is 5.75 Å². The van der Waals surface area contributed by atoms with Crippen LogP contribution in [0.2, 0.25) is 0 Å². The third-order valence-electron chi connectivity index (χ3n) is 3.87. The molecule has 1 atom stereocenters. The number of carbonyl (C=O) groups is 1. The molecule has 6 nitrogen and oxygen atoms in total. The molecule has 0 saturated heterocycles. The number of aromatic nitrogens is 2. The predicted molar refractivity (Wildman–Crippen MR) is 104 cm³/mol. The number of hydrogen-bond acceptors (Lipinski definition) is 6. The van der Waals surface area contributed by atoms with Crippen LogP contribution >= 0.6 is 11.8 Å². The molecule has 0 radical (unpaired) electrons. The van der Waals surface area contributed by atoms with E-state index in [1.54, 1.807) is 19.1 Å². The molecule has 3 rings (SSSR count). The van der Waals surface area contributed by atoms with E-state index in [0.717, 1.165) is 17.3 Å². The van der Waals surface area contributed by atoms with Crippen molar-refractivity contribution in [2.75, 3.05) is 12.3 Å². The molecule has 9 heteroatoms. The van der Waals surface area contributed by atoms with Gasteiger partial charge >= 0.3 is 0 Å². The lowest BCUT2D eigenvalue weighted by molar-refractivity contribution is -0.118. The Hall–Kier alpha value is -2.94. The van der Waals surface area contributed by atoms with Gasteiger partial charge in [-0.15, -0.1) is 10.2 Å². The average molecular weight is 419 g/mol. The lowest BCUT2D eigenvalue weighted by atomic mass is 10.1. The van der Waals surface area contributed by atoms with Gasteiger partial charge in [0.15, 0.2) is 6.10 Å². The first-order chi connectivity index (χ1) is 14.0. The molecular weight excluding hydrogens is 400 g/mol. The van der Waals surface area contributed by atoms with Crippen LogP contribution < -0.4 is 10.1 Å². The van der Waals surface area contributed by atoms with E-state index in [1.165, 1.54) is 36.4 Å². The fraction of sp³-hybridized carbons (Fsp3) is 0.250. The SMILES string of the molecule is CC(Oc1ccc(F)cc1)c1nnc(SCC(=O)NCCc2ccc(F)cc2)o1. The molecule has 0 bridgehead atoms. The van der Waals surface area contributed by atoms with Crippen LogP contribution in [-0.4, -0.2) is 28.4 Å². The second-order valence-corrected chi connectivity index (χ2v) is 7.06. The summed E-state index contributed by atoms with van der Waals surface area (Å²) in [5.74, 6) is 0.0499. The molecule has 29 heavy (non-hydrogen) atoms. The average Bonchev–Trinajstić information content (AvgIpc) is 3.19. The van der Waals surface area contributed by atoms with E-state index < -0.39 is 6.10 Å². The summed E-state index contributed by atoms with van der Waals surface area (Å²) in [6.45, 7) is 2.18. The minimum absolute atomic E-state index is 0.123. The molecule has 0 aliphatic heterocycles. The minimum Gasteiger partial charge on any atom is -0.481 e. The maximum absolute atomic E-state index is 12.9. The van der Waals surface area contributed by atoms with Crippen LogP contribution in [0.15, 0.2) is 58.2 Å². The fourth-order valence-corrected chi connectivity index (χ4v) is 2.99. The van der Waals surface area contributed by atoms with E-state index in [2.05, 4.69) is 15.5 Å². The topological polar surface area (TPSA) is 77.2 Å². The van der Waals surface area contributed by atoms with Crippen molar-refractivity contribution in [2.24, 2.45) is 0 Å². The summed E-state index contributed by atoms with van der Waals surface area (Å²) in [6.07, 6.45) is 0.0893. The number of ether oxygens (including phenoxy) is 1. The highest BCUT2D eigenvalue weighted by Gasteiger charge is 2.17. The summed E-state index contributed by atoms with van der Waals surface area (Å²) >= 11 is 1.12. The number of benzene rings is 2. The number of amides is 1. The number of carbonyl (C=O) groups excluding carboxylic acids is 1. The highest BCUT2D eigenvalue weighted by atomic mass is 32.2. The van der Waals surface area contributed by atoms with Gasteiger partial charge in [-0.1, -0.05) is 23.9 Å². The third-order valence-corrected chi connectivity index (χ3v) is 4.69. The van der Waals surface area contributed by atoms with E-state index in [9.17, 15) is 13.6 Å². The van der Waals surface area contributed by atoms with Gasteiger partial charge in [0.05, 0.1) is 5.75 Å². The maximum atomic E-state index is 12.9. The summed E-state index contributed by atoms with van der Waals surface area (Å²) in [6, 6.07) is 11.8. The Morgan fingerprint density at radius 3 is 2.45 bits per heavy atom. The Morgan fingerprint density at radius 1 is 1.10 bits per heavy atom. The van der Waals surface area contributed by atoms with Crippen LogP contribution in [-0.2, 0) is 11.2 Å². The normalized spacial score (nSPS) is 11.8. The van der Waals surface area contributed by atoms with Crippen molar-refractivity contribution in [1.82, 2.24) is 15.5 Å². The smallest absolute Gasteiger partial charge is 0.277 e. The molecule has 1 unspecified atom stereocenters. The molecular formula is C20H19F2N3O3S. The molecule has 0 fully saturated rings. The molecule has 1 heterocycles. The molecule has 0 saturated carbocycles. The van der Waals surface area contributed by atoms with Gasteiger partial charge in [0.2, 0.25) is 5.91 Å². The minimum atomic E-state index is -0.521. The second-order valence-electron chi connectivity index (χ2n) is 6.14. The Balaban J connectivity index is 1.40. The van der Waals surface area contributed by atoms with Crippen LogP contribution in [0, 0.1) is 11.6 Å². The van der Waals surface area contributed by atoms with E-state index >= 15 is 0 Å². The van der Waals surface area contributed by atoms with E-state index in [0.29, 0.717) is 18.7 Å². The van der Waals surface area contributed by atoms with Crippen molar-refractivity contribution in [2.45, 2.75) is 24.7 Å². The first kappa shape index (κ1) is 20.8. The number of halogens is 2. The zero-order valence-corrected chi connectivity index (χ0v) is 16.4. The highest BCUT2D eigenvalue weighted by molar-refractivity contribution is 7.99. The number of nitrogens with zero attached hydrogens (tertiary/aromatic N) is 2. The van der Waals surface area contributed by atoms with Crippen molar-refractivity contribution in [3.8, 4) is 5.75 Å². The Morgan fingerprint density at radius 2 is 1.76 bits per heavy atom. The van der Waals surface area contributed by atoms with Crippen LogP contribution in [0.4, 0.5) is 8.78 Å². The predicted octanol–water partition coefficient (Wildman–Crippen LogP) is 3.94. The van der Waals surface area contributed by atoms with E-state index in [1.807, 2.05) is 0 Å². The zero-order valence-electron chi connectivity index (χ0n) is 15.6. The van der Waals surface area contributed by atoms with Crippen molar-refractivity contribution < 1.29 is 22.7 Å². The van der Waals surface area contributed by atoms with Crippen molar-refractivity contribution in [3.05, 3.63) is 71.6 Å². The Kier molecular flexibility index (Phi) is 7.18. The van der Waals surface area contributed by atoms with Crippen molar-refractivity contribution in [1.29, 1.82) is 0 Å². The summed E-state index contributed by atoms with van der Waals surface area (Å²) < 4.78 is 36.9. The van der Waals surface area contributed by atoms with Gasteiger partial charge in [0.25, 0.3) is 11.1 Å². The molecule has 3 aromatic rings. The lowest BCUT2D eigenvalue weighted by Gasteiger charge is -2.10. The summed E-state index contributed by atoms with van der Waals surface area (Å²) in [4.78, 5) is 11.9. The van der Waals surface area contributed by atoms with Crippen LogP contribution in [0.3, 0.4) is 0 Å². The van der Waals surface area contributed by atoms with Gasteiger partial charge in [0.1, 0.15) is 17.4 Å². The van der Waals surface area contributed by atoms with Crippen LogP contribution in [0.1, 0.15) is 24.5 Å². The number of thioether (sulfide) groups is 1. The molecule has 0 aliphatic rings. The Labute approximate surface area is 170 Å². The zero-order chi connectivity index (χ0) is 20.6. The van der Waals surface area contributed by atoms with Gasteiger partial charge in [-0.2, -0.15) is 0 Å². The molecule has 2 aromatic carbocycles. The number of hydrogen-bond donors (Lipinski definition) is 1. The van der Waals surface area contributed by atoms with Crippen LogP contribution in [0.25, 0.3) is 0 Å². The highest BCUT2D eigenvalue weighted by Crippen LogP contribution is 2.24. The third kappa shape index (κ3) is 6.56. The molecule has 0 aliphatic carbocycles. The van der Waals surface area contributed by atoms with Gasteiger partial charge < -0.3 is 14.5 Å². The standard InChI is InChI=1S/C20H19F2N3O3S/c1-13(27-17-8-6-16(22)7-9-17)19-24-25-20(28-19)29-12-18(26)23-11-10-14-2-4-15(21)5-3-14/h2-9,13H,10-12H2,1H3,(H,23,26). The number of rotatable bonds is 9. The second kappa shape index (κ2) is 10.0. The fourth-order valence-electron chi connectivity index (χ4n) is 2.39. The molecule has 152 valence electrons. The number of nitrogens with one attached hydrogen (secondary N) is 1. The summed E-state index contributed by atoms with van der Waals surface area (Å²) in [7, 11) is 0. The van der Waals surface area contributed by atoms with E-state index in [4.69, 9.17) is 9.15 Å². The Bertz CT molecular complexity index is 933. The molecule has 1 amide bonds. The summed E-state index contributed by atoms with van der Waals surface area (Å²) in [5.41, 5.74) is 0.941. The molecule has 1 aromatic heterocycles. The first-order valence-corrected chi connectivity index (χ1v) is 9.88.